The van der Waals surface area contributed by atoms with Crippen molar-refractivity contribution in [3.8, 4) is 0 Å². The number of fused-ring (bicyclic) bond motifs is 6. The fourth-order valence-electron chi connectivity index (χ4n) is 7.59. The highest BCUT2D eigenvalue weighted by Crippen LogP contribution is 2.72. The van der Waals surface area contributed by atoms with E-state index in [1.54, 1.807) is 0 Å². The van der Waals surface area contributed by atoms with Gasteiger partial charge in [0.1, 0.15) is 4.93 Å². The van der Waals surface area contributed by atoms with Gasteiger partial charge < -0.3 is 5.11 Å². The molecule has 0 spiro atoms. The number of rotatable bonds is 0. The van der Waals surface area contributed by atoms with Crippen molar-refractivity contribution in [1.82, 2.24) is 0 Å². The molecule has 4 aliphatic carbocycles. The van der Waals surface area contributed by atoms with Gasteiger partial charge in [0.2, 0.25) is 0 Å². The van der Waals surface area contributed by atoms with E-state index < -0.39 is 0 Å². The van der Waals surface area contributed by atoms with E-state index in [1.165, 1.54) is 51.4 Å². The highest BCUT2D eigenvalue weighted by Gasteiger charge is 2.67. The van der Waals surface area contributed by atoms with Crippen molar-refractivity contribution in [3.63, 3.8) is 0 Å². The molecule has 0 amide bonds. The van der Waals surface area contributed by atoms with Crippen LogP contribution in [-0.2, 0) is 0 Å². The second-order valence-electron chi connectivity index (χ2n) is 9.61. The number of aliphatic hydroxyl groups is 1. The van der Waals surface area contributed by atoms with Gasteiger partial charge in [-0.15, -0.1) is 11.8 Å². The average Bonchev–Trinajstić information content (AvgIpc) is 2.88. The standard InChI is InChI=1S/C19H30OS/c1-17-8-3-4-14(17)13-6-5-12-10-16-19(20,21-16)11-18(12,2)15(13)7-9-17/h12-16,20H,3-11H2,1-2H3/t12?,13-,14-,15+,16?,17-,18-,19?/m0/s1. The van der Waals surface area contributed by atoms with Gasteiger partial charge in [-0.2, -0.15) is 0 Å². The van der Waals surface area contributed by atoms with Crippen LogP contribution in [-0.4, -0.2) is 15.3 Å². The van der Waals surface area contributed by atoms with Gasteiger partial charge in [-0.3, -0.25) is 0 Å². The van der Waals surface area contributed by atoms with Crippen LogP contribution in [0.1, 0.15) is 71.6 Å². The van der Waals surface area contributed by atoms with E-state index in [-0.39, 0.29) is 4.93 Å². The zero-order chi connectivity index (χ0) is 14.5. The van der Waals surface area contributed by atoms with Gasteiger partial charge in [-0.25, -0.2) is 0 Å². The Balaban J connectivity index is 1.49. The van der Waals surface area contributed by atoms with Crippen LogP contribution in [0.2, 0.25) is 0 Å². The van der Waals surface area contributed by atoms with Crippen molar-refractivity contribution in [3.05, 3.63) is 0 Å². The second kappa shape index (κ2) is 4.04. The molecule has 0 aromatic heterocycles. The lowest BCUT2D eigenvalue weighted by Gasteiger charge is -2.60. The zero-order valence-electron chi connectivity index (χ0n) is 13.6. The van der Waals surface area contributed by atoms with Crippen molar-refractivity contribution < 1.29 is 5.11 Å². The van der Waals surface area contributed by atoms with Crippen molar-refractivity contribution >= 4 is 11.8 Å². The van der Waals surface area contributed by atoms with E-state index in [4.69, 9.17) is 0 Å². The quantitative estimate of drug-likeness (QED) is 0.647. The molecule has 1 nitrogen and oxygen atoms in total. The Morgan fingerprint density at radius 3 is 2.71 bits per heavy atom. The SMILES string of the molecule is C[C@@]12CCC[C@H]1[C@@H]1CCC3CC4SC4(O)C[C@]3(C)[C@@H]1CC2. The molecule has 21 heavy (non-hydrogen) atoms. The van der Waals surface area contributed by atoms with Gasteiger partial charge >= 0.3 is 0 Å². The third-order valence-corrected chi connectivity index (χ3v) is 10.2. The molecule has 5 rings (SSSR count). The predicted octanol–water partition coefficient (Wildman–Crippen LogP) is 4.83. The van der Waals surface area contributed by atoms with E-state index in [2.05, 4.69) is 13.8 Å². The molecule has 4 saturated carbocycles. The van der Waals surface area contributed by atoms with Crippen molar-refractivity contribution in [2.45, 2.75) is 81.8 Å². The zero-order valence-corrected chi connectivity index (χ0v) is 14.4. The summed E-state index contributed by atoms with van der Waals surface area (Å²) >= 11 is 1.88. The van der Waals surface area contributed by atoms with Gasteiger partial charge in [-0.1, -0.05) is 20.3 Å². The minimum atomic E-state index is -0.316. The summed E-state index contributed by atoms with van der Waals surface area (Å²) in [6, 6.07) is 0. The van der Waals surface area contributed by atoms with Crippen molar-refractivity contribution in [1.29, 1.82) is 0 Å². The van der Waals surface area contributed by atoms with Gasteiger partial charge in [0.25, 0.3) is 0 Å². The third-order valence-electron chi connectivity index (χ3n) is 8.77. The fraction of sp³-hybridized carbons (Fsp3) is 1.00. The van der Waals surface area contributed by atoms with Crippen LogP contribution in [0, 0.1) is 34.5 Å². The summed E-state index contributed by atoms with van der Waals surface area (Å²) in [6.07, 6.45) is 12.8. The van der Waals surface area contributed by atoms with Crippen molar-refractivity contribution in [2.24, 2.45) is 34.5 Å². The van der Waals surface area contributed by atoms with Gasteiger partial charge in [-0.05, 0) is 85.9 Å². The summed E-state index contributed by atoms with van der Waals surface area (Å²) < 4.78 is 0. The summed E-state index contributed by atoms with van der Waals surface area (Å²) in [4.78, 5) is -0.316. The van der Waals surface area contributed by atoms with Crippen LogP contribution in [0.3, 0.4) is 0 Å². The molecule has 5 aliphatic rings. The molecular formula is C19H30OS. The van der Waals surface area contributed by atoms with E-state index in [9.17, 15) is 5.11 Å². The normalized spacial score (nSPS) is 65.0. The van der Waals surface area contributed by atoms with E-state index in [1.807, 2.05) is 11.8 Å². The first-order chi connectivity index (χ1) is 9.95. The van der Waals surface area contributed by atoms with Crippen molar-refractivity contribution in [2.75, 3.05) is 0 Å². The molecule has 1 heterocycles. The van der Waals surface area contributed by atoms with Gasteiger partial charge in [0, 0.05) is 5.25 Å². The summed E-state index contributed by atoms with van der Waals surface area (Å²) in [5.74, 6) is 3.81. The monoisotopic (exact) mass is 306 g/mol. The Morgan fingerprint density at radius 1 is 1.00 bits per heavy atom. The Kier molecular flexibility index (Phi) is 2.64. The van der Waals surface area contributed by atoms with Gasteiger partial charge in [0.05, 0.1) is 0 Å². The van der Waals surface area contributed by atoms with Crippen LogP contribution >= 0.6 is 11.8 Å². The largest absolute Gasteiger partial charge is 0.378 e. The minimum Gasteiger partial charge on any atom is -0.378 e. The highest BCUT2D eigenvalue weighted by molar-refractivity contribution is 8.08. The maximum absolute atomic E-state index is 10.7. The molecule has 0 aromatic rings. The lowest BCUT2D eigenvalue weighted by atomic mass is 9.45. The molecule has 1 aliphatic heterocycles. The fourth-order valence-corrected chi connectivity index (χ4v) is 8.92. The maximum atomic E-state index is 10.7. The second-order valence-corrected chi connectivity index (χ2v) is 11.1. The smallest absolute Gasteiger partial charge is 0.123 e. The van der Waals surface area contributed by atoms with Crippen LogP contribution in [0.25, 0.3) is 0 Å². The molecular weight excluding hydrogens is 276 g/mol. The van der Waals surface area contributed by atoms with Crippen LogP contribution in [0.5, 0.6) is 0 Å². The van der Waals surface area contributed by atoms with Gasteiger partial charge in [0.15, 0.2) is 0 Å². The number of hydrogen-bond acceptors (Lipinski definition) is 2. The molecule has 0 bridgehead atoms. The first-order valence-corrected chi connectivity index (χ1v) is 10.2. The molecule has 1 N–H and O–H groups in total. The van der Waals surface area contributed by atoms with E-state index >= 15 is 0 Å². The van der Waals surface area contributed by atoms with Crippen LogP contribution < -0.4 is 0 Å². The van der Waals surface area contributed by atoms with E-state index in [0.717, 1.165) is 30.1 Å². The maximum Gasteiger partial charge on any atom is 0.123 e. The van der Waals surface area contributed by atoms with Crippen LogP contribution in [0.15, 0.2) is 0 Å². The summed E-state index contributed by atoms with van der Waals surface area (Å²) in [5, 5.41) is 11.3. The Labute approximate surface area is 133 Å². The Hall–Kier alpha value is 0.310. The molecule has 0 aromatic carbocycles. The first-order valence-electron chi connectivity index (χ1n) is 9.35. The summed E-state index contributed by atoms with van der Waals surface area (Å²) in [5.41, 5.74) is 1.12. The number of hydrogen-bond donors (Lipinski definition) is 1. The summed E-state index contributed by atoms with van der Waals surface area (Å²) in [7, 11) is 0. The molecule has 2 heteroatoms. The molecule has 0 radical (unpaired) electrons. The highest BCUT2D eigenvalue weighted by atomic mass is 32.2. The first kappa shape index (κ1) is 13.7. The molecule has 5 fully saturated rings. The topological polar surface area (TPSA) is 20.2 Å². The molecule has 8 atom stereocenters. The number of thioether (sulfide) groups is 1. The molecule has 1 saturated heterocycles. The van der Waals surface area contributed by atoms with Crippen LogP contribution in [0.4, 0.5) is 0 Å². The average molecular weight is 307 g/mol. The van der Waals surface area contributed by atoms with E-state index in [0.29, 0.717) is 16.1 Å². The molecule has 118 valence electrons. The lowest BCUT2D eigenvalue weighted by Crippen LogP contribution is -2.54. The third kappa shape index (κ3) is 1.70. The Morgan fingerprint density at radius 2 is 1.86 bits per heavy atom. The lowest BCUT2D eigenvalue weighted by molar-refractivity contribution is -0.121. The summed E-state index contributed by atoms with van der Waals surface area (Å²) in [6.45, 7) is 5.16. The predicted molar refractivity (Wildman–Crippen MR) is 88.1 cm³/mol. The molecule has 3 unspecified atom stereocenters. The minimum absolute atomic E-state index is 0.316. The Bertz CT molecular complexity index is 478.